The number of carbonyl (C=O) groups excluding carboxylic acids is 1. The van der Waals surface area contributed by atoms with Gasteiger partial charge >= 0.3 is 5.97 Å². The van der Waals surface area contributed by atoms with Gasteiger partial charge in [0.15, 0.2) is 11.3 Å². The third-order valence-corrected chi connectivity index (χ3v) is 4.54. The second-order valence-electron chi connectivity index (χ2n) is 8.21. The number of aryl methyl sites for hydroxylation is 1. The average molecular weight is 419 g/mol. The summed E-state index contributed by atoms with van der Waals surface area (Å²) >= 11 is 0. The van der Waals surface area contributed by atoms with Crippen molar-refractivity contribution in [3.63, 3.8) is 0 Å². The van der Waals surface area contributed by atoms with Gasteiger partial charge in [0.05, 0.1) is 30.5 Å². The predicted octanol–water partition coefficient (Wildman–Crippen LogP) is 4.54. The number of ether oxygens (including phenoxy) is 2. The molecule has 160 valence electrons. The summed E-state index contributed by atoms with van der Waals surface area (Å²) in [5.74, 6) is 0.246. The summed E-state index contributed by atoms with van der Waals surface area (Å²) < 4.78 is 14.7. The molecule has 3 heterocycles. The predicted molar refractivity (Wildman–Crippen MR) is 118 cm³/mol. The summed E-state index contributed by atoms with van der Waals surface area (Å²) in [6.07, 6.45) is 7.20. The lowest BCUT2D eigenvalue weighted by molar-refractivity contribution is 0.00636. The van der Waals surface area contributed by atoms with E-state index in [0.29, 0.717) is 11.4 Å². The fraction of sp³-hybridized carbons (Fsp3) is 0.261. The molecule has 0 saturated carbocycles. The first-order valence-electron chi connectivity index (χ1n) is 9.90. The van der Waals surface area contributed by atoms with E-state index in [0.717, 1.165) is 22.8 Å². The molecule has 0 unspecified atom stereocenters. The van der Waals surface area contributed by atoms with E-state index in [1.54, 1.807) is 24.0 Å². The number of anilines is 2. The van der Waals surface area contributed by atoms with Gasteiger partial charge in [0, 0.05) is 30.3 Å². The molecule has 0 aliphatic carbocycles. The number of nitrogens with one attached hydrogen (secondary N) is 1. The van der Waals surface area contributed by atoms with Crippen molar-refractivity contribution in [2.24, 2.45) is 0 Å². The zero-order valence-electron chi connectivity index (χ0n) is 18.2. The number of imidazole rings is 2. The zero-order chi connectivity index (χ0) is 22.2. The molecule has 0 bridgehead atoms. The zero-order valence-corrected chi connectivity index (χ0v) is 18.2. The minimum Gasteiger partial charge on any atom is -0.494 e. The van der Waals surface area contributed by atoms with Crippen LogP contribution < -0.4 is 10.1 Å². The van der Waals surface area contributed by atoms with E-state index < -0.39 is 11.6 Å². The van der Waals surface area contributed by atoms with E-state index in [2.05, 4.69) is 15.3 Å². The molecular formula is C23H25N5O3. The van der Waals surface area contributed by atoms with Crippen LogP contribution in [0.4, 0.5) is 11.4 Å². The molecule has 4 aromatic rings. The van der Waals surface area contributed by atoms with E-state index in [9.17, 15) is 4.79 Å². The number of nitrogens with zero attached hydrogens (tertiary/aromatic N) is 4. The van der Waals surface area contributed by atoms with E-state index in [1.165, 1.54) is 0 Å². The summed E-state index contributed by atoms with van der Waals surface area (Å²) in [6, 6.07) is 9.61. The Morgan fingerprint density at radius 1 is 1.16 bits per heavy atom. The van der Waals surface area contributed by atoms with Crippen LogP contribution in [0, 0.1) is 6.92 Å². The molecule has 0 aliphatic rings. The number of methoxy groups -OCH3 is 1. The monoisotopic (exact) mass is 419 g/mol. The number of hydrogen-bond acceptors (Lipinski definition) is 6. The minimum absolute atomic E-state index is 0.257. The van der Waals surface area contributed by atoms with Crippen LogP contribution in [0.15, 0.2) is 55.2 Å². The highest BCUT2D eigenvalue weighted by Gasteiger charge is 2.21. The van der Waals surface area contributed by atoms with Crippen LogP contribution in [-0.2, 0) is 4.74 Å². The Bertz CT molecular complexity index is 1250. The molecule has 3 aromatic heterocycles. The van der Waals surface area contributed by atoms with E-state index >= 15 is 0 Å². The van der Waals surface area contributed by atoms with E-state index in [-0.39, 0.29) is 5.69 Å². The van der Waals surface area contributed by atoms with Crippen molar-refractivity contribution in [3.8, 4) is 11.4 Å². The molecule has 0 aliphatic heterocycles. The van der Waals surface area contributed by atoms with Gasteiger partial charge in [-0.05, 0) is 52.0 Å². The summed E-state index contributed by atoms with van der Waals surface area (Å²) in [6.45, 7) is 7.43. The fourth-order valence-corrected chi connectivity index (χ4v) is 3.22. The maximum absolute atomic E-state index is 12.4. The van der Waals surface area contributed by atoms with Crippen molar-refractivity contribution in [1.29, 1.82) is 0 Å². The maximum atomic E-state index is 12.4. The van der Waals surface area contributed by atoms with Gasteiger partial charge < -0.3 is 23.8 Å². The number of carbonyl (C=O) groups is 1. The van der Waals surface area contributed by atoms with Crippen molar-refractivity contribution in [2.45, 2.75) is 33.3 Å². The molecule has 31 heavy (non-hydrogen) atoms. The number of rotatable bonds is 5. The number of hydrogen-bond donors (Lipinski definition) is 1. The maximum Gasteiger partial charge on any atom is 0.359 e. The van der Waals surface area contributed by atoms with Gasteiger partial charge in [0.2, 0.25) is 0 Å². The Balaban J connectivity index is 1.65. The van der Waals surface area contributed by atoms with Crippen molar-refractivity contribution in [1.82, 2.24) is 18.9 Å². The Kier molecular flexibility index (Phi) is 5.14. The lowest BCUT2D eigenvalue weighted by Gasteiger charge is -2.18. The molecule has 8 nitrogen and oxygen atoms in total. The molecule has 8 heteroatoms. The number of fused-ring (bicyclic) bond motifs is 1. The summed E-state index contributed by atoms with van der Waals surface area (Å²) in [4.78, 5) is 21.2. The lowest BCUT2D eigenvalue weighted by Crippen LogP contribution is -2.24. The molecular weight excluding hydrogens is 394 g/mol. The van der Waals surface area contributed by atoms with Crippen LogP contribution in [0.25, 0.3) is 11.3 Å². The van der Waals surface area contributed by atoms with Crippen molar-refractivity contribution < 1.29 is 14.3 Å². The van der Waals surface area contributed by atoms with Crippen molar-refractivity contribution in [3.05, 3.63) is 66.6 Å². The number of pyridine rings is 1. The van der Waals surface area contributed by atoms with E-state index in [1.807, 2.05) is 75.0 Å². The van der Waals surface area contributed by atoms with Crippen LogP contribution in [0.2, 0.25) is 0 Å². The Hall–Kier alpha value is -3.81. The lowest BCUT2D eigenvalue weighted by atomic mass is 10.2. The largest absolute Gasteiger partial charge is 0.494 e. The van der Waals surface area contributed by atoms with Gasteiger partial charge in [0.25, 0.3) is 0 Å². The Morgan fingerprint density at radius 2 is 1.97 bits per heavy atom. The topological polar surface area (TPSA) is 82.7 Å². The summed E-state index contributed by atoms with van der Waals surface area (Å²) in [5.41, 5.74) is 3.69. The first-order chi connectivity index (χ1) is 14.7. The third kappa shape index (κ3) is 4.37. The van der Waals surface area contributed by atoms with Crippen LogP contribution in [0.3, 0.4) is 0 Å². The average Bonchev–Trinajstić information content (AvgIpc) is 3.33. The SMILES string of the molecule is COc1cc(Nc2cccn3cc(C(=O)OC(C)(C)C)nc23)ccc1-n1cnc(C)c1. The smallest absolute Gasteiger partial charge is 0.359 e. The van der Waals surface area contributed by atoms with Crippen molar-refractivity contribution >= 4 is 23.0 Å². The molecule has 1 N–H and O–H groups in total. The molecule has 0 fully saturated rings. The van der Waals surface area contributed by atoms with Crippen LogP contribution in [0.5, 0.6) is 5.75 Å². The molecule has 0 saturated heterocycles. The second-order valence-corrected chi connectivity index (χ2v) is 8.21. The highest BCUT2D eigenvalue weighted by Crippen LogP contribution is 2.30. The first-order valence-corrected chi connectivity index (χ1v) is 9.90. The Morgan fingerprint density at radius 3 is 2.65 bits per heavy atom. The summed E-state index contributed by atoms with van der Waals surface area (Å²) in [7, 11) is 1.63. The van der Waals surface area contributed by atoms with Gasteiger partial charge in [-0.1, -0.05) is 0 Å². The fourth-order valence-electron chi connectivity index (χ4n) is 3.22. The first kappa shape index (κ1) is 20.5. The van der Waals surface area contributed by atoms with Gasteiger partial charge in [0.1, 0.15) is 11.4 Å². The number of benzene rings is 1. The molecule has 0 atom stereocenters. The number of aromatic nitrogens is 4. The Labute approximate surface area is 180 Å². The highest BCUT2D eigenvalue weighted by molar-refractivity contribution is 5.89. The van der Waals surface area contributed by atoms with Gasteiger partial charge in [-0.2, -0.15) is 0 Å². The molecule has 4 rings (SSSR count). The molecule has 0 spiro atoms. The molecule has 1 aromatic carbocycles. The van der Waals surface area contributed by atoms with Crippen LogP contribution in [-0.4, -0.2) is 37.6 Å². The number of esters is 1. The minimum atomic E-state index is -0.583. The van der Waals surface area contributed by atoms with Gasteiger partial charge in [-0.25, -0.2) is 14.8 Å². The quantitative estimate of drug-likeness (QED) is 0.479. The van der Waals surface area contributed by atoms with Crippen LogP contribution >= 0.6 is 0 Å². The van der Waals surface area contributed by atoms with Gasteiger partial charge in [-0.3, -0.25) is 0 Å². The van der Waals surface area contributed by atoms with Crippen LogP contribution in [0.1, 0.15) is 37.0 Å². The van der Waals surface area contributed by atoms with Crippen molar-refractivity contribution in [2.75, 3.05) is 12.4 Å². The third-order valence-electron chi connectivity index (χ3n) is 4.54. The second kappa shape index (κ2) is 7.79. The van der Waals surface area contributed by atoms with E-state index in [4.69, 9.17) is 9.47 Å². The van der Waals surface area contributed by atoms with Gasteiger partial charge in [-0.15, -0.1) is 0 Å². The standard InChI is InChI=1S/C23H25N5O3/c1-15-12-28(14-24-15)19-9-8-16(11-20(19)30-5)25-17-7-6-10-27-13-18(26-21(17)27)22(29)31-23(2,3)4/h6-14,25H,1-5H3. The molecule has 0 amide bonds. The summed E-state index contributed by atoms with van der Waals surface area (Å²) in [5, 5.41) is 3.37. The molecule has 0 radical (unpaired) electrons. The normalized spacial score (nSPS) is 11.5. The highest BCUT2D eigenvalue weighted by atomic mass is 16.6.